The summed E-state index contributed by atoms with van der Waals surface area (Å²) in [6.45, 7) is 0. The van der Waals surface area contributed by atoms with E-state index in [2.05, 4.69) is 10.6 Å². The van der Waals surface area contributed by atoms with E-state index in [0.29, 0.717) is 5.92 Å². The van der Waals surface area contributed by atoms with Gasteiger partial charge in [0.15, 0.2) is 0 Å². The van der Waals surface area contributed by atoms with E-state index in [-0.39, 0.29) is 11.9 Å². The summed E-state index contributed by atoms with van der Waals surface area (Å²) in [7, 11) is 0. The van der Waals surface area contributed by atoms with Gasteiger partial charge in [-0.3, -0.25) is 4.79 Å². The second-order valence-electron chi connectivity index (χ2n) is 3.99. The Hall–Kier alpha value is -1.51. The van der Waals surface area contributed by atoms with Crippen molar-refractivity contribution in [1.29, 1.82) is 0 Å². The molecule has 1 aliphatic carbocycles. The van der Waals surface area contributed by atoms with Crippen LogP contribution in [0.1, 0.15) is 12.8 Å². The minimum atomic E-state index is -0.00935. The summed E-state index contributed by atoms with van der Waals surface area (Å²) in [5.74, 6) is 0.662. The van der Waals surface area contributed by atoms with Crippen molar-refractivity contribution in [2.45, 2.75) is 18.9 Å². The lowest BCUT2D eigenvalue weighted by Crippen LogP contribution is -2.40. The van der Waals surface area contributed by atoms with Crippen LogP contribution in [-0.4, -0.2) is 11.9 Å². The molecule has 0 spiro atoms. The first-order chi connectivity index (χ1) is 6.84. The quantitative estimate of drug-likeness (QED) is 0.706. The van der Waals surface area contributed by atoms with E-state index < -0.39 is 0 Å². The highest BCUT2D eigenvalue weighted by molar-refractivity contribution is 6.03. The van der Waals surface area contributed by atoms with E-state index >= 15 is 0 Å². The van der Waals surface area contributed by atoms with E-state index in [1.807, 2.05) is 24.3 Å². The van der Waals surface area contributed by atoms with Crippen molar-refractivity contribution in [2.24, 2.45) is 5.92 Å². The molecule has 14 heavy (non-hydrogen) atoms. The fourth-order valence-corrected chi connectivity index (χ4v) is 1.92. The smallest absolute Gasteiger partial charge is 0.247 e. The van der Waals surface area contributed by atoms with Crippen LogP contribution < -0.4 is 10.6 Å². The Morgan fingerprint density at radius 2 is 1.86 bits per heavy atom. The number of nitrogens with one attached hydrogen (secondary N) is 2. The third-order valence-electron chi connectivity index (χ3n) is 2.87. The molecule has 1 fully saturated rings. The minimum Gasteiger partial charge on any atom is -0.372 e. The predicted octanol–water partition coefficient (Wildman–Crippen LogP) is 1.83. The molecule has 3 rings (SSSR count). The number of amides is 1. The standard InChI is InChI=1S/C11H12N2O/c14-11-10(7-5-6-7)12-8-3-1-2-4-9(8)13-11/h1-4,7,10,12H,5-6H2,(H,13,14)/t10-/m1/s1. The predicted molar refractivity (Wildman–Crippen MR) is 55.2 cm³/mol. The maximum atomic E-state index is 11.7. The molecule has 2 aliphatic rings. The van der Waals surface area contributed by atoms with E-state index in [1.165, 1.54) is 12.8 Å². The molecule has 72 valence electrons. The summed E-state index contributed by atoms with van der Waals surface area (Å²) in [5.41, 5.74) is 1.94. The third-order valence-corrected chi connectivity index (χ3v) is 2.87. The zero-order valence-corrected chi connectivity index (χ0v) is 7.79. The molecule has 0 unspecified atom stereocenters. The van der Waals surface area contributed by atoms with E-state index in [1.54, 1.807) is 0 Å². The van der Waals surface area contributed by atoms with Crippen molar-refractivity contribution >= 4 is 17.3 Å². The Kier molecular flexibility index (Phi) is 1.54. The first-order valence-corrected chi connectivity index (χ1v) is 5.01. The van der Waals surface area contributed by atoms with Gasteiger partial charge in [-0.15, -0.1) is 0 Å². The number of benzene rings is 1. The Labute approximate surface area is 82.5 Å². The Morgan fingerprint density at radius 1 is 1.14 bits per heavy atom. The number of carbonyl (C=O) groups is 1. The Balaban J connectivity index is 1.94. The molecule has 1 heterocycles. The Morgan fingerprint density at radius 3 is 2.57 bits per heavy atom. The molecule has 1 atom stereocenters. The van der Waals surface area contributed by atoms with Crippen molar-refractivity contribution < 1.29 is 4.79 Å². The summed E-state index contributed by atoms with van der Waals surface area (Å²) in [6.07, 6.45) is 2.35. The van der Waals surface area contributed by atoms with Crippen molar-refractivity contribution in [3.8, 4) is 0 Å². The van der Waals surface area contributed by atoms with Gasteiger partial charge in [0.25, 0.3) is 0 Å². The molecule has 1 saturated carbocycles. The number of anilines is 2. The fraction of sp³-hybridized carbons (Fsp3) is 0.364. The van der Waals surface area contributed by atoms with Gasteiger partial charge in [-0.1, -0.05) is 12.1 Å². The summed E-state index contributed by atoms with van der Waals surface area (Å²) in [4.78, 5) is 11.7. The number of fused-ring (bicyclic) bond motifs is 1. The highest BCUT2D eigenvalue weighted by atomic mass is 16.2. The van der Waals surface area contributed by atoms with Crippen LogP contribution in [0.2, 0.25) is 0 Å². The molecule has 1 aromatic rings. The van der Waals surface area contributed by atoms with Crippen LogP contribution in [0.25, 0.3) is 0 Å². The topological polar surface area (TPSA) is 41.1 Å². The monoisotopic (exact) mass is 188 g/mol. The van der Waals surface area contributed by atoms with Gasteiger partial charge in [0, 0.05) is 0 Å². The second kappa shape index (κ2) is 2.74. The lowest BCUT2D eigenvalue weighted by atomic mass is 10.1. The second-order valence-corrected chi connectivity index (χ2v) is 3.99. The molecule has 0 bridgehead atoms. The zero-order chi connectivity index (χ0) is 9.54. The normalized spacial score (nSPS) is 24.9. The highest BCUT2D eigenvalue weighted by Crippen LogP contribution is 2.38. The van der Waals surface area contributed by atoms with Gasteiger partial charge < -0.3 is 10.6 Å². The molecule has 0 aromatic heterocycles. The van der Waals surface area contributed by atoms with Gasteiger partial charge in [0.1, 0.15) is 6.04 Å². The average Bonchev–Trinajstić information content (AvgIpc) is 3.00. The van der Waals surface area contributed by atoms with Crippen LogP contribution in [-0.2, 0) is 4.79 Å². The summed E-state index contributed by atoms with van der Waals surface area (Å²) in [5, 5.41) is 6.23. The van der Waals surface area contributed by atoms with Gasteiger partial charge in [-0.25, -0.2) is 0 Å². The SMILES string of the molecule is O=C1Nc2ccccc2N[C@@H]1C1CC1. The van der Waals surface area contributed by atoms with Crippen molar-refractivity contribution in [3.63, 3.8) is 0 Å². The first kappa shape index (κ1) is 7.85. The van der Waals surface area contributed by atoms with Crippen molar-refractivity contribution in [3.05, 3.63) is 24.3 Å². The van der Waals surface area contributed by atoms with E-state index in [0.717, 1.165) is 11.4 Å². The molecule has 1 aromatic carbocycles. The van der Waals surface area contributed by atoms with Gasteiger partial charge in [0.05, 0.1) is 11.4 Å². The Bertz CT molecular complexity index is 385. The number of hydrogen-bond acceptors (Lipinski definition) is 2. The lowest BCUT2D eigenvalue weighted by Gasteiger charge is -2.26. The maximum absolute atomic E-state index is 11.7. The number of rotatable bonds is 1. The lowest BCUT2D eigenvalue weighted by molar-refractivity contribution is -0.117. The van der Waals surface area contributed by atoms with Gasteiger partial charge in [-0.2, -0.15) is 0 Å². The number of hydrogen-bond donors (Lipinski definition) is 2. The third kappa shape index (κ3) is 1.16. The van der Waals surface area contributed by atoms with Crippen LogP contribution in [0.3, 0.4) is 0 Å². The van der Waals surface area contributed by atoms with Crippen LogP contribution >= 0.6 is 0 Å². The molecular formula is C11H12N2O. The van der Waals surface area contributed by atoms with Crippen LogP contribution in [0, 0.1) is 5.92 Å². The van der Waals surface area contributed by atoms with Crippen LogP contribution in [0.5, 0.6) is 0 Å². The largest absolute Gasteiger partial charge is 0.372 e. The van der Waals surface area contributed by atoms with Gasteiger partial charge in [0.2, 0.25) is 5.91 Å². The number of para-hydroxylation sites is 2. The van der Waals surface area contributed by atoms with E-state index in [9.17, 15) is 4.79 Å². The van der Waals surface area contributed by atoms with Crippen LogP contribution in [0.4, 0.5) is 11.4 Å². The maximum Gasteiger partial charge on any atom is 0.247 e. The van der Waals surface area contributed by atoms with Crippen molar-refractivity contribution in [2.75, 3.05) is 10.6 Å². The number of carbonyl (C=O) groups excluding carboxylic acids is 1. The fourth-order valence-electron chi connectivity index (χ4n) is 1.92. The average molecular weight is 188 g/mol. The summed E-state index contributed by atoms with van der Waals surface area (Å²) >= 11 is 0. The molecule has 0 radical (unpaired) electrons. The molecule has 2 N–H and O–H groups in total. The molecule has 0 saturated heterocycles. The van der Waals surface area contributed by atoms with Gasteiger partial charge >= 0.3 is 0 Å². The molecule has 3 nitrogen and oxygen atoms in total. The summed E-state index contributed by atoms with van der Waals surface area (Å²) in [6, 6.07) is 7.82. The highest BCUT2D eigenvalue weighted by Gasteiger charge is 2.38. The summed E-state index contributed by atoms with van der Waals surface area (Å²) < 4.78 is 0. The van der Waals surface area contributed by atoms with Crippen molar-refractivity contribution in [1.82, 2.24) is 0 Å². The van der Waals surface area contributed by atoms with E-state index in [4.69, 9.17) is 0 Å². The molecule has 3 heteroatoms. The molecule has 1 amide bonds. The van der Waals surface area contributed by atoms with Gasteiger partial charge in [-0.05, 0) is 30.9 Å². The molecule has 1 aliphatic heterocycles. The minimum absolute atomic E-state index is 0.00935. The first-order valence-electron chi connectivity index (χ1n) is 5.01. The van der Waals surface area contributed by atoms with Crippen LogP contribution in [0.15, 0.2) is 24.3 Å². The zero-order valence-electron chi connectivity index (χ0n) is 7.79. The molecular weight excluding hydrogens is 176 g/mol.